The molecule has 4 aromatic rings. The van der Waals surface area contributed by atoms with Gasteiger partial charge >= 0.3 is 0 Å². The van der Waals surface area contributed by atoms with E-state index in [1.807, 2.05) is 48.5 Å². The highest BCUT2D eigenvalue weighted by Crippen LogP contribution is 2.31. The molecule has 31 heavy (non-hydrogen) atoms. The Balaban J connectivity index is 1.82. The van der Waals surface area contributed by atoms with E-state index in [1.165, 1.54) is 0 Å². The Hall–Kier alpha value is -4.11. The summed E-state index contributed by atoms with van der Waals surface area (Å²) in [5.74, 6) is 2.55. The number of methoxy groups -OCH3 is 3. The number of aromatic nitrogens is 2. The van der Waals surface area contributed by atoms with Crippen LogP contribution in [0.5, 0.6) is 17.2 Å². The quantitative estimate of drug-likeness (QED) is 0.454. The average Bonchev–Trinajstić information content (AvgIpc) is 2.82. The van der Waals surface area contributed by atoms with E-state index in [4.69, 9.17) is 24.2 Å². The molecule has 0 saturated carbocycles. The van der Waals surface area contributed by atoms with Gasteiger partial charge in [-0.25, -0.2) is 9.97 Å². The molecule has 0 aliphatic heterocycles. The van der Waals surface area contributed by atoms with E-state index in [9.17, 15) is 5.26 Å². The molecule has 0 aliphatic rings. The molecule has 154 valence electrons. The van der Waals surface area contributed by atoms with Crippen LogP contribution >= 0.6 is 0 Å². The van der Waals surface area contributed by atoms with Crippen molar-refractivity contribution in [3.63, 3.8) is 0 Å². The molecule has 0 bridgehead atoms. The standard InChI is InChI=1S/C25H21N3O3/c1-29-21-11-9-17(14-18(21)15-26)25-19-6-4-5-7-20(19)27-24(28-25)13-16-8-10-22(30-2)23(12-16)31-3/h4-12,14H,13H2,1-3H3. The average molecular weight is 411 g/mol. The predicted octanol–water partition coefficient (Wildman–Crippen LogP) is 4.79. The minimum atomic E-state index is 0.462. The Bertz CT molecular complexity index is 1300. The first-order valence-electron chi connectivity index (χ1n) is 9.72. The summed E-state index contributed by atoms with van der Waals surface area (Å²) in [6.45, 7) is 0. The molecule has 6 nitrogen and oxygen atoms in total. The maximum absolute atomic E-state index is 9.49. The first kappa shape index (κ1) is 20.2. The fraction of sp³-hybridized carbons (Fsp3) is 0.160. The van der Waals surface area contributed by atoms with Gasteiger partial charge in [-0.3, -0.25) is 0 Å². The molecule has 3 aromatic carbocycles. The minimum absolute atomic E-state index is 0.462. The number of rotatable bonds is 6. The Morgan fingerprint density at radius 2 is 1.55 bits per heavy atom. The van der Waals surface area contributed by atoms with Crippen molar-refractivity contribution < 1.29 is 14.2 Å². The third-order valence-corrected chi connectivity index (χ3v) is 5.05. The molecule has 0 unspecified atom stereocenters. The smallest absolute Gasteiger partial charge is 0.161 e. The van der Waals surface area contributed by atoms with Gasteiger partial charge in [0.15, 0.2) is 11.5 Å². The van der Waals surface area contributed by atoms with Crippen molar-refractivity contribution in [2.75, 3.05) is 21.3 Å². The highest BCUT2D eigenvalue weighted by molar-refractivity contribution is 5.92. The number of para-hydroxylation sites is 1. The summed E-state index contributed by atoms with van der Waals surface area (Å²) in [6.07, 6.45) is 0.527. The van der Waals surface area contributed by atoms with Gasteiger partial charge in [-0.2, -0.15) is 5.26 Å². The van der Waals surface area contributed by atoms with E-state index in [1.54, 1.807) is 33.5 Å². The van der Waals surface area contributed by atoms with Gasteiger partial charge in [0.1, 0.15) is 17.6 Å². The fourth-order valence-corrected chi connectivity index (χ4v) is 3.54. The van der Waals surface area contributed by atoms with Crippen LogP contribution in [0.3, 0.4) is 0 Å². The van der Waals surface area contributed by atoms with E-state index < -0.39 is 0 Å². The Morgan fingerprint density at radius 1 is 0.806 bits per heavy atom. The molecule has 0 atom stereocenters. The number of hydrogen-bond acceptors (Lipinski definition) is 6. The van der Waals surface area contributed by atoms with Crippen LogP contribution in [0, 0.1) is 11.3 Å². The third kappa shape index (κ3) is 3.99. The molecular weight excluding hydrogens is 390 g/mol. The molecular formula is C25H21N3O3. The van der Waals surface area contributed by atoms with Crippen molar-refractivity contribution in [3.8, 4) is 34.6 Å². The number of hydrogen-bond donors (Lipinski definition) is 0. The zero-order valence-corrected chi connectivity index (χ0v) is 17.5. The van der Waals surface area contributed by atoms with Crippen LogP contribution in [0.1, 0.15) is 17.0 Å². The van der Waals surface area contributed by atoms with Crippen molar-refractivity contribution in [1.29, 1.82) is 5.26 Å². The SMILES string of the molecule is COc1ccc(-c2nc(Cc3ccc(OC)c(OC)c3)nc3ccccc23)cc1C#N. The van der Waals surface area contributed by atoms with Gasteiger partial charge in [0.2, 0.25) is 0 Å². The van der Waals surface area contributed by atoms with Gasteiger partial charge in [0.05, 0.1) is 38.1 Å². The predicted molar refractivity (Wildman–Crippen MR) is 119 cm³/mol. The Morgan fingerprint density at radius 3 is 2.29 bits per heavy atom. The van der Waals surface area contributed by atoms with Gasteiger partial charge < -0.3 is 14.2 Å². The second-order valence-electron chi connectivity index (χ2n) is 6.90. The summed E-state index contributed by atoms with van der Waals surface area (Å²) in [5.41, 5.74) is 3.93. The summed E-state index contributed by atoms with van der Waals surface area (Å²) in [6, 6.07) is 21.3. The second kappa shape index (κ2) is 8.72. The van der Waals surface area contributed by atoms with Crippen molar-refractivity contribution in [2.24, 2.45) is 0 Å². The number of nitriles is 1. The number of nitrogens with zero attached hydrogens (tertiary/aromatic N) is 3. The molecule has 0 spiro atoms. The van der Waals surface area contributed by atoms with Crippen LogP contribution in [-0.4, -0.2) is 31.3 Å². The lowest BCUT2D eigenvalue weighted by Crippen LogP contribution is -2.01. The van der Waals surface area contributed by atoms with E-state index in [-0.39, 0.29) is 0 Å². The summed E-state index contributed by atoms with van der Waals surface area (Å²) in [5, 5.41) is 10.4. The lowest BCUT2D eigenvalue weighted by atomic mass is 10.0. The van der Waals surface area contributed by atoms with E-state index in [2.05, 4.69) is 6.07 Å². The summed E-state index contributed by atoms with van der Waals surface area (Å²) < 4.78 is 16.0. The highest BCUT2D eigenvalue weighted by atomic mass is 16.5. The van der Waals surface area contributed by atoms with Crippen molar-refractivity contribution in [3.05, 3.63) is 77.6 Å². The topological polar surface area (TPSA) is 77.3 Å². The van der Waals surface area contributed by atoms with Gasteiger partial charge in [-0.15, -0.1) is 0 Å². The van der Waals surface area contributed by atoms with E-state index in [0.29, 0.717) is 35.1 Å². The summed E-state index contributed by atoms with van der Waals surface area (Å²) in [4.78, 5) is 9.62. The number of fused-ring (bicyclic) bond motifs is 1. The molecule has 0 radical (unpaired) electrons. The molecule has 0 saturated heterocycles. The van der Waals surface area contributed by atoms with E-state index in [0.717, 1.165) is 27.7 Å². The van der Waals surface area contributed by atoms with Gasteiger partial charge in [-0.05, 0) is 42.0 Å². The third-order valence-electron chi connectivity index (χ3n) is 5.05. The fourth-order valence-electron chi connectivity index (χ4n) is 3.54. The van der Waals surface area contributed by atoms with Crippen LogP contribution in [0.2, 0.25) is 0 Å². The van der Waals surface area contributed by atoms with Crippen molar-refractivity contribution >= 4 is 10.9 Å². The molecule has 6 heteroatoms. The largest absolute Gasteiger partial charge is 0.495 e. The first-order chi connectivity index (χ1) is 15.2. The Kier molecular flexibility index (Phi) is 5.67. The lowest BCUT2D eigenvalue weighted by molar-refractivity contribution is 0.354. The van der Waals surface area contributed by atoms with Gasteiger partial charge in [-0.1, -0.05) is 24.3 Å². The van der Waals surface area contributed by atoms with Crippen LogP contribution < -0.4 is 14.2 Å². The molecule has 0 aliphatic carbocycles. The molecule has 0 fully saturated rings. The second-order valence-corrected chi connectivity index (χ2v) is 6.90. The van der Waals surface area contributed by atoms with Crippen molar-refractivity contribution in [2.45, 2.75) is 6.42 Å². The normalized spacial score (nSPS) is 10.5. The van der Waals surface area contributed by atoms with Gasteiger partial charge in [0.25, 0.3) is 0 Å². The van der Waals surface area contributed by atoms with Crippen LogP contribution in [-0.2, 0) is 6.42 Å². The molecule has 0 N–H and O–H groups in total. The molecule has 1 heterocycles. The molecule has 1 aromatic heterocycles. The van der Waals surface area contributed by atoms with Crippen LogP contribution in [0.15, 0.2) is 60.7 Å². The molecule has 4 rings (SSSR count). The maximum Gasteiger partial charge on any atom is 0.161 e. The lowest BCUT2D eigenvalue weighted by Gasteiger charge is -2.12. The number of benzene rings is 3. The van der Waals surface area contributed by atoms with E-state index >= 15 is 0 Å². The zero-order valence-electron chi connectivity index (χ0n) is 17.5. The van der Waals surface area contributed by atoms with Crippen LogP contribution in [0.25, 0.3) is 22.2 Å². The first-order valence-corrected chi connectivity index (χ1v) is 9.72. The minimum Gasteiger partial charge on any atom is -0.495 e. The van der Waals surface area contributed by atoms with Crippen LogP contribution in [0.4, 0.5) is 0 Å². The summed E-state index contributed by atoms with van der Waals surface area (Å²) >= 11 is 0. The van der Waals surface area contributed by atoms with Crippen molar-refractivity contribution in [1.82, 2.24) is 9.97 Å². The van der Waals surface area contributed by atoms with Gasteiger partial charge in [0, 0.05) is 17.4 Å². The number of ether oxygens (including phenoxy) is 3. The highest BCUT2D eigenvalue weighted by Gasteiger charge is 2.14. The molecule has 0 amide bonds. The summed E-state index contributed by atoms with van der Waals surface area (Å²) in [7, 11) is 4.78. The maximum atomic E-state index is 9.49. The monoisotopic (exact) mass is 411 g/mol. The Labute approximate surface area is 180 Å². The zero-order chi connectivity index (χ0) is 21.8.